The summed E-state index contributed by atoms with van der Waals surface area (Å²) in [5.74, 6) is 3.84. The van der Waals surface area contributed by atoms with Crippen molar-refractivity contribution >= 4 is 55.1 Å². The topological polar surface area (TPSA) is 75.8 Å². The number of halogens is 2. The first kappa shape index (κ1) is 20.4. The molecule has 0 saturated carbocycles. The minimum atomic E-state index is -2.58. The molecule has 3 heterocycles. The van der Waals surface area contributed by atoms with Gasteiger partial charge in [-0.3, -0.25) is 18.9 Å². The van der Waals surface area contributed by atoms with Crippen molar-refractivity contribution < 1.29 is 13.4 Å². The molecule has 154 valence electrons. The lowest BCUT2D eigenvalue weighted by molar-refractivity contribution is 0.0997. The smallest absolute Gasteiger partial charge is 0.259 e. The van der Waals surface area contributed by atoms with Gasteiger partial charge in [0.25, 0.3) is 5.91 Å². The monoisotopic (exact) mass is 453 g/mol. The average Bonchev–Trinajstić information content (AvgIpc) is 3.13. The molecular weight excluding hydrogens is 433 g/mol. The predicted molar refractivity (Wildman–Crippen MR) is 119 cm³/mol. The molecule has 0 bridgehead atoms. The van der Waals surface area contributed by atoms with Crippen LogP contribution in [0, 0.1) is 5.82 Å². The Bertz CT molecular complexity index is 1190. The van der Waals surface area contributed by atoms with Crippen LogP contribution in [0.4, 0.5) is 9.39 Å². The maximum absolute atomic E-state index is 13.5. The summed E-state index contributed by atoms with van der Waals surface area (Å²) in [5.41, 5.74) is 6.38. The molecule has 1 amide bonds. The molecule has 0 aliphatic carbocycles. The quantitative estimate of drug-likeness (QED) is 0.703. The van der Waals surface area contributed by atoms with Gasteiger partial charge in [0.2, 0.25) is 0 Å². The van der Waals surface area contributed by atoms with Gasteiger partial charge in [-0.2, -0.15) is 0 Å². The van der Waals surface area contributed by atoms with Gasteiger partial charge in [-0.25, -0.2) is 4.39 Å². The molecule has 29 heavy (non-hydrogen) atoms. The van der Waals surface area contributed by atoms with E-state index in [-0.39, 0.29) is 29.9 Å². The number of nitrogens with two attached hydrogens (primary N) is 1. The van der Waals surface area contributed by atoms with Gasteiger partial charge in [0.05, 0.1) is 26.2 Å². The van der Waals surface area contributed by atoms with Gasteiger partial charge in [-0.15, -0.1) is 11.3 Å². The maximum atomic E-state index is 13.5. The van der Waals surface area contributed by atoms with E-state index >= 15 is 0 Å². The number of hydrogen-bond acceptors (Lipinski definition) is 5. The lowest BCUT2D eigenvalue weighted by Gasteiger charge is -2.40. The third-order valence-electron chi connectivity index (χ3n) is 5.73. The fourth-order valence-electron chi connectivity index (χ4n) is 3.70. The van der Waals surface area contributed by atoms with Crippen molar-refractivity contribution in [1.29, 1.82) is 0 Å². The number of carbonyl (C=O) groups excluding carboxylic acids is 1. The van der Waals surface area contributed by atoms with E-state index in [1.54, 1.807) is 24.8 Å². The Hall–Kier alpha value is -1.90. The number of carbonyl (C=O) groups is 1. The Labute approximate surface area is 178 Å². The lowest BCUT2D eigenvalue weighted by Crippen LogP contribution is -2.54. The highest BCUT2D eigenvalue weighted by atomic mass is 35.5. The van der Waals surface area contributed by atoms with Crippen molar-refractivity contribution in [3.05, 3.63) is 51.1 Å². The zero-order valence-corrected chi connectivity index (χ0v) is 18.7. The molecule has 2 aliphatic rings. The van der Waals surface area contributed by atoms with Crippen LogP contribution in [-0.2, 0) is 21.6 Å². The van der Waals surface area contributed by atoms with E-state index in [1.165, 1.54) is 29.5 Å². The molecule has 0 fully saturated rings. The number of hydrogen-bond donors (Lipinski definition) is 1. The number of fused-ring (bicyclic) bond motifs is 1. The Morgan fingerprint density at radius 2 is 2.03 bits per heavy atom. The zero-order chi connectivity index (χ0) is 21.4. The second-order valence-electron chi connectivity index (χ2n) is 8.19. The second-order valence-corrected chi connectivity index (χ2v) is 12.6. The van der Waals surface area contributed by atoms with Crippen LogP contribution in [-0.4, -0.2) is 32.3 Å². The van der Waals surface area contributed by atoms with E-state index in [2.05, 4.69) is 10.9 Å². The van der Waals surface area contributed by atoms with Crippen LogP contribution < -0.4 is 10.6 Å². The van der Waals surface area contributed by atoms with Crippen LogP contribution in [0.3, 0.4) is 0 Å². The maximum Gasteiger partial charge on any atom is 0.259 e. The van der Waals surface area contributed by atoms with Crippen molar-refractivity contribution in [3.63, 3.8) is 0 Å². The highest BCUT2D eigenvalue weighted by molar-refractivity contribution is 8.02. The molecule has 4 rings (SSSR count). The number of nitrogens with zero attached hydrogens (tertiary/aromatic N) is 2. The van der Waals surface area contributed by atoms with Gasteiger partial charge in [0, 0.05) is 11.3 Å². The molecular formula is C20H21ClFN3O2S2. The Kier molecular flexibility index (Phi) is 4.42. The molecule has 1 unspecified atom stereocenters. The third-order valence-corrected chi connectivity index (χ3v) is 10.6. The predicted octanol–water partition coefficient (Wildman–Crippen LogP) is 3.78. The van der Waals surface area contributed by atoms with Crippen LogP contribution in [0.25, 0.3) is 0 Å². The average molecular weight is 454 g/mol. The molecule has 2 aliphatic heterocycles. The van der Waals surface area contributed by atoms with Gasteiger partial charge in [0.15, 0.2) is 0 Å². The highest BCUT2D eigenvalue weighted by Crippen LogP contribution is 2.46. The molecule has 1 aromatic heterocycles. The first-order chi connectivity index (χ1) is 13.4. The van der Waals surface area contributed by atoms with E-state index in [0.29, 0.717) is 26.0 Å². The van der Waals surface area contributed by atoms with E-state index in [9.17, 15) is 13.4 Å². The zero-order valence-electron chi connectivity index (χ0n) is 16.3. The fraction of sp³-hybridized carbons (Fsp3) is 0.350. The summed E-state index contributed by atoms with van der Waals surface area (Å²) in [6.45, 7) is 5.66. The normalized spacial score (nSPS) is 28.4. The van der Waals surface area contributed by atoms with Crippen LogP contribution in [0.15, 0.2) is 29.3 Å². The lowest BCUT2D eigenvalue weighted by atomic mass is 10.0. The molecule has 5 nitrogen and oxygen atoms in total. The van der Waals surface area contributed by atoms with Gasteiger partial charge >= 0.3 is 0 Å². The van der Waals surface area contributed by atoms with Gasteiger partial charge in [-0.05, 0) is 66.0 Å². The van der Waals surface area contributed by atoms with Crippen LogP contribution >= 0.6 is 22.9 Å². The summed E-state index contributed by atoms with van der Waals surface area (Å²) < 4.78 is 26.0. The van der Waals surface area contributed by atoms with Crippen molar-refractivity contribution in [2.24, 2.45) is 10.7 Å². The first-order valence-electron chi connectivity index (χ1n) is 8.96. The standard InChI is InChI=1S/C20H21ClFN3O2S2/c1-19(2)18(23)24-20(3,10-29(19,4)27)16-14(21)8-15(28-16)25-9-11-7-12(22)5-6-13(11)17(25)26/h5-8H,4,9-10H2,1-3H3,(H2,23,24)/t20-,29?/m0/s1. The van der Waals surface area contributed by atoms with Crippen LogP contribution in [0.5, 0.6) is 0 Å². The SMILES string of the molecule is C=S1(=O)C[C@@](C)(c2sc(N3Cc4cc(F)ccc4C3=O)cc2Cl)N=C(N)C1(C)C. The van der Waals surface area contributed by atoms with Gasteiger partial charge in [-0.1, -0.05) is 11.6 Å². The van der Waals surface area contributed by atoms with Gasteiger partial charge in [0.1, 0.15) is 17.2 Å². The third kappa shape index (κ3) is 3.00. The van der Waals surface area contributed by atoms with Crippen molar-refractivity contribution in [2.75, 3.05) is 10.7 Å². The number of anilines is 1. The molecule has 2 aromatic rings. The molecule has 2 atom stereocenters. The summed E-state index contributed by atoms with van der Waals surface area (Å²) in [6, 6.07) is 5.84. The number of thiophene rings is 1. The van der Waals surface area contributed by atoms with E-state index in [0.717, 1.165) is 0 Å². The Morgan fingerprint density at radius 3 is 2.69 bits per heavy atom. The Morgan fingerprint density at radius 1 is 1.34 bits per heavy atom. The molecule has 0 radical (unpaired) electrons. The fourth-order valence-corrected chi connectivity index (χ4v) is 7.32. The minimum Gasteiger partial charge on any atom is -0.386 e. The number of benzene rings is 1. The van der Waals surface area contributed by atoms with Crippen LogP contribution in [0.2, 0.25) is 5.02 Å². The van der Waals surface area contributed by atoms with E-state index < -0.39 is 19.8 Å². The number of aliphatic imine (C=N–C) groups is 1. The number of amidine groups is 1. The molecule has 1 aromatic carbocycles. The summed E-state index contributed by atoms with van der Waals surface area (Å²) in [4.78, 5) is 19.7. The first-order valence-corrected chi connectivity index (χ1v) is 12.1. The van der Waals surface area contributed by atoms with Crippen molar-refractivity contribution in [2.45, 2.75) is 37.6 Å². The molecule has 9 heteroatoms. The number of rotatable bonds is 2. The van der Waals surface area contributed by atoms with Crippen molar-refractivity contribution in [3.8, 4) is 0 Å². The molecule has 0 spiro atoms. The Balaban J connectivity index is 1.75. The van der Waals surface area contributed by atoms with Gasteiger partial charge < -0.3 is 5.73 Å². The highest BCUT2D eigenvalue weighted by Gasteiger charge is 2.46. The second kappa shape index (κ2) is 6.30. The summed E-state index contributed by atoms with van der Waals surface area (Å²) in [5, 5.41) is 1.05. The molecule has 0 saturated heterocycles. The molecule has 2 N–H and O–H groups in total. The summed E-state index contributed by atoms with van der Waals surface area (Å²) >= 11 is 7.84. The summed E-state index contributed by atoms with van der Waals surface area (Å²) in [7, 11) is -2.58. The van der Waals surface area contributed by atoms with Crippen molar-refractivity contribution in [1.82, 2.24) is 0 Å². The van der Waals surface area contributed by atoms with Crippen LogP contribution in [0.1, 0.15) is 41.6 Å². The van der Waals surface area contributed by atoms with E-state index in [4.69, 9.17) is 17.3 Å². The number of amides is 1. The van der Waals surface area contributed by atoms with E-state index in [1.807, 2.05) is 6.92 Å². The largest absolute Gasteiger partial charge is 0.386 e. The summed E-state index contributed by atoms with van der Waals surface area (Å²) in [6.07, 6.45) is 0. The minimum absolute atomic E-state index is 0.201.